The highest BCUT2D eigenvalue weighted by atomic mass is 16.5. The van der Waals surface area contributed by atoms with Gasteiger partial charge in [0.05, 0.1) is 43.8 Å². The van der Waals surface area contributed by atoms with E-state index in [0.29, 0.717) is 43.7 Å². The second-order valence-corrected chi connectivity index (χ2v) is 7.78. The Morgan fingerprint density at radius 1 is 1.09 bits per heavy atom. The molecule has 1 saturated heterocycles. The first kappa shape index (κ1) is 20.2. The number of nitrogens with zero attached hydrogens (tertiary/aromatic N) is 5. The smallest absolute Gasteiger partial charge is 0.228 e. The Balaban J connectivity index is 1.30. The van der Waals surface area contributed by atoms with Crippen molar-refractivity contribution in [3.05, 3.63) is 60.3 Å². The van der Waals surface area contributed by atoms with E-state index in [0.717, 1.165) is 36.3 Å². The van der Waals surface area contributed by atoms with E-state index in [2.05, 4.69) is 25.3 Å². The van der Waals surface area contributed by atoms with Gasteiger partial charge in [0.25, 0.3) is 0 Å². The Morgan fingerprint density at radius 2 is 1.94 bits per heavy atom. The van der Waals surface area contributed by atoms with Crippen LogP contribution in [0.5, 0.6) is 11.5 Å². The summed E-state index contributed by atoms with van der Waals surface area (Å²) < 4.78 is 11.4. The number of ether oxygens (including phenoxy) is 2. The van der Waals surface area contributed by atoms with Crippen molar-refractivity contribution in [2.45, 2.75) is 31.7 Å². The van der Waals surface area contributed by atoms with Crippen LogP contribution in [0.4, 0.5) is 11.8 Å². The molecule has 32 heavy (non-hydrogen) atoms. The number of aromatic nitrogens is 4. The molecule has 5 rings (SSSR count). The summed E-state index contributed by atoms with van der Waals surface area (Å²) in [6.45, 7) is 1.97. The summed E-state index contributed by atoms with van der Waals surface area (Å²) >= 11 is 0. The van der Waals surface area contributed by atoms with Gasteiger partial charge in [0.2, 0.25) is 11.9 Å². The fourth-order valence-corrected chi connectivity index (χ4v) is 4.05. The van der Waals surface area contributed by atoms with Crippen molar-refractivity contribution in [1.82, 2.24) is 24.8 Å². The first-order valence-corrected chi connectivity index (χ1v) is 10.8. The topological polar surface area (TPSA) is 102 Å². The zero-order valence-electron chi connectivity index (χ0n) is 17.6. The Morgan fingerprint density at radius 3 is 2.81 bits per heavy atom. The number of carbonyl (C=O) groups is 1. The lowest BCUT2D eigenvalue weighted by Gasteiger charge is -2.24. The van der Waals surface area contributed by atoms with Crippen LogP contribution in [0.25, 0.3) is 0 Å². The first-order valence-electron chi connectivity index (χ1n) is 10.8. The van der Waals surface area contributed by atoms with Crippen molar-refractivity contribution in [3.63, 3.8) is 0 Å². The van der Waals surface area contributed by atoms with Crippen LogP contribution in [0.2, 0.25) is 0 Å². The number of hydrogen-bond donors (Lipinski definition) is 1. The third-order valence-electron chi connectivity index (χ3n) is 5.54. The van der Waals surface area contributed by atoms with Gasteiger partial charge >= 0.3 is 0 Å². The summed E-state index contributed by atoms with van der Waals surface area (Å²) in [4.78, 5) is 32.4. The lowest BCUT2D eigenvalue weighted by Crippen LogP contribution is -2.32. The first-order chi connectivity index (χ1) is 15.8. The van der Waals surface area contributed by atoms with Crippen molar-refractivity contribution in [3.8, 4) is 11.5 Å². The number of amides is 1. The minimum atomic E-state index is -0.103. The van der Waals surface area contributed by atoms with E-state index < -0.39 is 0 Å². The van der Waals surface area contributed by atoms with Crippen molar-refractivity contribution < 1.29 is 14.3 Å². The molecule has 3 aromatic rings. The maximum Gasteiger partial charge on any atom is 0.228 e. The summed E-state index contributed by atoms with van der Waals surface area (Å²) in [7, 11) is 0. The van der Waals surface area contributed by atoms with Gasteiger partial charge in [-0.2, -0.15) is 0 Å². The van der Waals surface area contributed by atoms with Gasteiger partial charge < -0.3 is 19.7 Å². The van der Waals surface area contributed by atoms with E-state index in [4.69, 9.17) is 9.47 Å². The zero-order valence-corrected chi connectivity index (χ0v) is 17.6. The Hall–Kier alpha value is -3.75. The van der Waals surface area contributed by atoms with Crippen LogP contribution in [0.1, 0.15) is 36.6 Å². The van der Waals surface area contributed by atoms with Gasteiger partial charge in [0.1, 0.15) is 0 Å². The SMILES string of the molecule is O=C(Cc1ccc2c(c1)OCCCO2)N1CCCC1c1cncc(Nc2ncccn2)n1. The van der Waals surface area contributed by atoms with Crippen molar-refractivity contribution >= 4 is 17.7 Å². The monoisotopic (exact) mass is 432 g/mol. The molecule has 0 saturated carbocycles. The van der Waals surface area contributed by atoms with Crippen LogP contribution in [-0.4, -0.2) is 50.5 Å². The molecule has 4 heterocycles. The Kier molecular flexibility index (Phi) is 5.78. The molecule has 0 radical (unpaired) electrons. The highest BCUT2D eigenvalue weighted by Crippen LogP contribution is 2.33. The third kappa shape index (κ3) is 4.46. The zero-order chi connectivity index (χ0) is 21.8. The van der Waals surface area contributed by atoms with E-state index in [-0.39, 0.29) is 11.9 Å². The predicted molar refractivity (Wildman–Crippen MR) is 117 cm³/mol. The number of benzene rings is 1. The summed E-state index contributed by atoms with van der Waals surface area (Å²) in [5.41, 5.74) is 1.67. The second-order valence-electron chi connectivity index (χ2n) is 7.78. The van der Waals surface area contributed by atoms with Crippen molar-refractivity contribution in [2.24, 2.45) is 0 Å². The quantitative estimate of drug-likeness (QED) is 0.656. The molecule has 164 valence electrons. The van der Waals surface area contributed by atoms with E-state index in [1.807, 2.05) is 23.1 Å². The van der Waals surface area contributed by atoms with Gasteiger partial charge in [0, 0.05) is 25.4 Å². The van der Waals surface area contributed by atoms with E-state index in [9.17, 15) is 4.79 Å². The van der Waals surface area contributed by atoms with E-state index >= 15 is 0 Å². The number of nitrogens with one attached hydrogen (secondary N) is 1. The van der Waals surface area contributed by atoms with Crippen molar-refractivity contribution in [1.29, 1.82) is 0 Å². The molecule has 1 unspecified atom stereocenters. The van der Waals surface area contributed by atoms with Crippen molar-refractivity contribution in [2.75, 3.05) is 25.1 Å². The van der Waals surface area contributed by atoms with Gasteiger partial charge in [-0.1, -0.05) is 6.07 Å². The number of anilines is 2. The highest BCUT2D eigenvalue weighted by molar-refractivity contribution is 5.79. The number of carbonyl (C=O) groups excluding carboxylic acids is 1. The minimum Gasteiger partial charge on any atom is -0.490 e. The average molecular weight is 432 g/mol. The molecule has 1 N–H and O–H groups in total. The van der Waals surface area contributed by atoms with Gasteiger partial charge in [0.15, 0.2) is 17.3 Å². The number of hydrogen-bond acceptors (Lipinski definition) is 8. The fourth-order valence-electron chi connectivity index (χ4n) is 4.05. The lowest BCUT2D eigenvalue weighted by molar-refractivity contribution is -0.131. The number of fused-ring (bicyclic) bond motifs is 1. The van der Waals surface area contributed by atoms with E-state index in [1.54, 1.807) is 30.9 Å². The molecule has 2 aliphatic rings. The maximum atomic E-state index is 13.2. The maximum absolute atomic E-state index is 13.2. The van der Waals surface area contributed by atoms with E-state index in [1.165, 1.54) is 0 Å². The fraction of sp³-hybridized carbons (Fsp3) is 0.348. The molecular weight excluding hydrogens is 408 g/mol. The average Bonchev–Trinajstić information content (AvgIpc) is 3.20. The second kappa shape index (κ2) is 9.17. The Bertz CT molecular complexity index is 1090. The summed E-state index contributed by atoms with van der Waals surface area (Å²) in [6.07, 6.45) is 9.60. The number of likely N-dealkylation sites (tertiary alicyclic amines) is 1. The van der Waals surface area contributed by atoms with Crippen LogP contribution < -0.4 is 14.8 Å². The molecule has 0 spiro atoms. The number of rotatable bonds is 5. The van der Waals surface area contributed by atoms with Crippen LogP contribution in [-0.2, 0) is 11.2 Å². The molecule has 9 nitrogen and oxygen atoms in total. The highest BCUT2D eigenvalue weighted by Gasteiger charge is 2.31. The largest absolute Gasteiger partial charge is 0.490 e. The molecule has 1 fully saturated rings. The molecule has 0 aliphatic carbocycles. The standard InChI is InChI=1S/C23H24N6O3/c30-22(13-16-5-6-19-20(12-16)32-11-3-10-31-19)29-9-1-4-18(29)17-14-24-15-21(27-17)28-23-25-7-2-8-26-23/h2,5-8,12,14-15,18H,1,3-4,9-11,13H2,(H,25,26,27,28). The molecule has 2 aromatic heterocycles. The van der Waals surface area contributed by atoms with Crippen LogP contribution in [0.3, 0.4) is 0 Å². The predicted octanol–water partition coefficient (Wildman–Crippen LogP) is 3.08. The summed E-state index contributed by atoms with van der Waals surface area (Å²) in [5, 5.41) is 3.06. The van der Waals surface area contributed by atoms with Crippen LogP contribution in [0.15, 0.2) is 49.1 Å². The summed E-state index contributed by atoms with van der Waals surface area (Å²) in [6, 6.07) is 7.37. The van der Waals surface area contributed by atoms with Gasteiger partial charge in [-0.25, -0.2) is 15.0 Å². The van der Waals surface area contributed by atoms with Crippen LogP contribution >= 0.6 is 0 Å². The molecule has 9 heteroatoms. The summed E-state index contributed by atoms with van der Waals surface area (Å²) in [5.74, 6) is 2.51. The van der Waals surface area contributed by atoms with Gasteiger partial charge in [-0.15, -0.1) is 0 Å². The minimum absolute atomic E-state index is 0.0635. The molecule has 1 atom stereocenters. The molecule has 1 amide bonds. The normalized spacial score (nSPS) is 17.6. The van der Waals surface area contributed by atoms with Gasteiger partial charge in [-0.3, -0.25) is 9.78 Å². The Labute approximate surface area is 185 Å². The van der Waals surface area contributed by atoms with Crippen LogP contribution in [0, 0.1) is 0 Å². The molecular formula is C23H24N6O3. The molecule has 1 aromatic carbocycles. The van der Waals surface area contributed by atoms with Gasteiger partial charge in [-0.05, 0) is 36.6 Å². The molecule has 2 aliphatic heterocycles. The lowest BCUT2D eigenvalue weighted by atomic mass is 10.1. The third-order valence-corrected chi connectivity index (χ3v) is 5.54. The molecule has 0 bridgehead atoms.